The van der Waals surface area contributed by atoms with Gasteiger partial charge in [-0.3, -0.25) is 4.79 Å². The Morgan fingerprint density at radius 2 is 2.08 bits per heavy atom. The summed E-state index contributed by atoms with van der Waals surface area (Å²) in [7, 11) is 1.55. The van der Waals surface area contributed by atoms with Crippen molar-refractivity contribution in [2.45, 2.75) is 9.59 Å². The number of carbonyl (C=O) groups is 1. The van der Waals surface area contributed by atoms with Crippen molar-refractivity contribution in [3.8, 4) is 5.75 Å². The Labute approximate surface area is 158 Å². The number of rotatable bonds is 6. The zero-order valence-corrected chi connectivity index (χ0v) is 15.6. The minimum absolute atomic E-state index is 0.160. The summed E-state index contributed by atoms with van der Waals surface area (Å²) in [6.45, 7) is 0. The highest BCUT2D eigenvalue weighted by molar-refractivity contribution is 8.01. The number of hydrogen-bond donors (Lipinski definition) is 1. The third-order valence-electron chi connectivity index (χ3n) is 3.32. The number of nitrogens with one attached hydrogen (secondary N) is 1. The van der Waals surface area contributed by atoms with Crippen molar-refractivity contribution in [1.82, 2.24) is 10.2 Å². The summed E-state index contributed by atoms with van der Waals surface area (Å²) in [6.07, 6.45) is 0. The van der Waals surface area contributed by atoms with Gasteiger partial charge in [-0.05, 0) is 23.8 Å². The van der Waals surface area contributed by atoms with Gasteiger partial charge in [0, 0.05) is 5.69 Å². The summed E-state index contributed by atoms with van der Waals surface area (Å²) in [5, 5.41) is 10.7. The van der Waals surface area contributed by atoms with E-state index in [9.17, 15) is 4.79 Å². The second-order valence-corrected chi connectivity index (χ2v) is 7.54. The molecule has 3 aromatic rings. The molecule has 3 rings (SSSR count). The van der Waals surface area contributed by atoms with E-state index < -0.39 is 5.25 Å². The molecular formula is C17H14ClN3O2S2. The Balaban J connectivity index is 1.82. The summed E-state index contributed by atoms with van der Waals surface area (Å²) >= 11 is 8.89. The van der Waals surface area contributed by atoms with E-state index >= 15 is 0 Å². The Morgan fingerprint density at radius 1 is 1.28 bits per heavy atom. The molecule has 1 aromatic heterocycles. The molecular weight excluding hydrogens is 378 g/mol. The van der Waals surface area contributed by atoms with E-state index in [4.69, 9.17) is 16.3 Å². The minimum Gasteiger partial charge on any atom is -0.495 e. The molecule has 0 spiro atoms. The van der Waals surface area contributed by atoms with Gasteiger partial charge in [0.05, 0.1) is 12.1 Å². The molecule has 1 heterocycles. The molecule has 1 amide bonds. The molecule has 2 aromatic carbocycles. The van der Waals surface area contributed by atoms with Crippen LogP contribution in [-0.2, 0) is 4.79 Å². The maximum Gasteiger partial charge on any atom is 0.242 e. The number of methoxy groups -OCH3 is 1. The van der Waals surface area contributed by atoms with Crippen molar-refractivity contribution in [2.75, 3.05) is 12.4 Å². The number of halogens is 1. The van der Waals surface area contributed by atoms with Crippen molar-refractivity contribution in [3.05, 3.63) is 64.6 Å². The van der Waals surface area contributed by atoms with E-state index in [0.29, 0.717) is 16.5 Å². The van der Waals surface area contributed by atoms with Gasteiger partial charge in [0.1, 0.15) is 16.5 Å². The van der Waals surface area contributed by atoms with Gasteiger partial charge in [-0.2, -0.15) is 0 Å². The number of ether oxygens (including phenoxy) is 1. The lowest BCUT2D eigenvalue weighted by atomic mass is 10.1. The largest absolute Gasteiger partial charge is 0.495 e. The van der Waals surface area contributed by atoms with E-state index in [1.165, 1.54) is 23.1 Å². The SMILES string of the molecule is COc1ccc(NC(=O)C(Sc2nncs2)c2ccccc2)cc1Cl. The molecule has 1 N–H and O–H groups in total. The summed E-state index contributed by atoms with van der Waals surface area (Å²) in [5.74, 6) is 0.398. The van der Waals surface area contributed by atoms with Crippen LogP contribution in [0.25, 0.3) is 0 Å². The number of thioether (sulfide) groups is 1. The van der Waals surface area contributed by atoms with Gasteiger partial charge in [0.2, 0.25) is 5.91 Å². The maximum absolute atomic E-state index is 12.9. The number of carbonyl (C=O) groups excluding carboxylic acids is 1. The van der Waals surface area contributed by atoms with Gasteiger partial charge in [-0.15, -0.1) is 10.2 Å². The van der Waals surface area contributed by atoms with Gasteiger partial charge in [-0.1, -0.05) is 65.0 Å². The maximum atomic E-state index is 12.9. The molecule has 0 fully saturated rings. The lowest BCUT2D eigenvalue weighted by molar-refractivity contribution is -0.115. The smallest absolute Gasteiger partial charge is 0.242 e. The zero-order chi connectivity index (χ0) is 17.6. The first-order valence-electron chi connectivity index (χ1n) is 7.29. The molecule has 0 aliphatic carbocycles. The molecule has 0 aliphatic heterocycles. The zero-order valence-electron chi connectivity index (χ0n) is 13.2. The van der Waals surface area contributed by atoms with E-state index in [-0.39, 0.29) is 5.91 Å². The highest BCUT2D eigenvalue weighted by atomic mass is 35.5. The fourth-order valence-electron chi connectivity index (χ4n) is 2.17. The Hall–Kier alpha value is -2.09. The first-order chi connectivity index (χ1) is 12.2. The molecule has 25 heavy (non-hydrogen) atoms. The minimum atomic E-state index is -0.449. The molecule has 1 atom stereocenters. The van der Waals surface area contributed by atoms with Crippen molar-refractivity contribution in [1.29, 1.82) is 0 Å². The van der Waals surface area contributed by atoms with E-state index in [1.807, 2.05) is 30.3 Å². The molecule has 5 nitrogen and oxygen atoms in total. The molecule has 8 heteroatoms. The van der Waals surface area contributed by atoms with Crippen LogP contribution in [-0.4, -0.2) is 23.2 Å². The molecule has 0 aliphatic rings. The van der Waals surface area contributed by atoms with E-state index in [0.717, 1.165) is 9.90 Å². The Bertz CT molecular complexity index is 844. The summed E-state index contributed by atoms with van der Waals surface area (Å²) in [4.78, 5) is 12.9. The second kappa shape index (κ2) is 8.33. The second-order valence-electron chi connectivity index (χ2n) is 4.95. The first kappa shape index (κ1) is 17.7. The van der Waals surface area contributed by atoms with Crippen LogP contribution in [0.1, 0.15) is 10.8 Å². The number of aromatic nitrogens is 2. The molecule has 1 unspecified atom stereocenters. The average molecular weight is 392 g/mol. The van der Waals surface area contributed by atoms with Crippen LogP contribution in [0.15, 0.2) is 58.4 Å². The topological polar surface area (TPSA) is 64.1 Å². The Morgan fingerprint density at radius 3 is 2.72 bits per heavy atom. The van der Waals surface area contributed by atoms with Crippen molar-refractivity contribution >= 4 is 46.3 Å². The van der Waals surface area contributed by atoms with Crippen LogP contribution >= 0.6 is 34.7 Å². The molecule has 128 valence electrons. The third-order valence-corrected chi connectivity index (χ3v) is 5.68. The van der Waals surface area contributed by atoms with Crippen LogP contribution in [0.5, 0.6) is 5.75 Å². The predicted octanol–water partition coefficient (Wildman–Crippen LogP) is 4.67. The molecule has 0 radical (unpaired) electrons. The van der Waals surface area contributed by atoms with Crippen LogP contribution in [0.3, 0.4) is 0 Å². The summed E-state index contributed by atoms with van der Waals surface area (Å²) in [5.41, 5.74) is 3.14. The normalized spacial score (nSPS) is 11.8. The van der Waals surface area contributed by atoms with Crippen LogP contribution < -0.4 is 10.1 Å². The quantitative estimate of drug-likeness (QED) is 0.618. The van der Waals surface area contributed by atoms with Crippen LogP contribution in [0.2, 0.25) is 5.02 Å². The third kappa shape index (κ3) is 4.50. The highest BCUT2D eigenvalue weighted by Gasteiger charge is 2.23. The average Bonchev–Trinajstić information content (AvgIpc) is 3.14. The van der Waals surface area contributed by atoms with Crippen molar-refractivity contribution in [3.63, 3.8) is 0 Å². The van der Waals surface area contributed by atoms with E-state index in [2.05, 4.69) is 15.5 Å². The van der Waals surface area contributed by atoms with Gasteiger partial charge >= 0.3 is 0 Å². The van der Waals surface area contributed by atoms with Gasteiger partial charge in [-0.25, -0.2) is 0 Å². The summed E-state index contributed by atoms with van der Waals surface area (Å²) < 4.78 is 5.86. The fraction of sp³-hybridized carbons (Fsp3) is 0.118. The highest BCUT2D eigenvalue weighted by Crippen LogP contribution is 2.37. The Kier molecular flexibility index (Phi) is 5.91. The molecule has 0 saturated heterocycles. The van der Waals surface area contributed by atoms with Crippen LogP contribution in [0.4, 0.5) is 5.69 Å². The monoisotopic (exact) mass is 391 g/mol. The fourth-order valence-corrected chi connectivity index (χ4v) is 4.10. The number of benzene rings is 2. The van der Waals surface area contributed by atoms with Gasteiger partial charge in [0.15, 0.2) is 4.34 Å². The lowest BCUT2D eigenvalue weighted by Gasteiger charge is -2.16. The van der Waals surface area contributed by atoms with E-state index in [1.54, 1.807) is 30.8 Å². The molecule has 0 bridgehead atoms. The number of nitrogens with zero attached hydrogens (tertiary/aromatic N) is 2. The number of anilines is 1. The lowest BCUT2D eigenvalue weighted by Crippen LogP contribution is -2.19. The molecule has 0 saturated carbocycles. The standard InChI is InChI=1S/C17H14ClN3O2S2/c1-23-14-8-7-12(9-13(14)18)20-16(22)15(11-5-3-2-4-6-11)25-17-21-19-10-24-17/h2-10,15H,1H3,(H,20,22). The van der Waals surface area contributed by atoms with Crippen molar-refractivity contribution in [2.24, 2.45) is 0 Å². The van der Waals surface area contributed by atoms with Crippen LogP contribution in [0, 0.1) is 0 Å². The number of amides is 1. The van der Waals surface area contributed by atoms with Crippen molar-refractivity contribution < 1.29 is 9.53 Å². The predicted molar refractivity (Wildman–Crippen MR) is 102 cm³/mol. The van der Waals surface area contributed by atoms with Gasteiger partial charge in [0.25, 0.3) is 0 Å². The first-order valence-corrected chi connectivity index (χ1v) is 9.43. The van der Waals surface area contributed by atoms with Gasteiger partial charge < -0.3 is 10.1 Å². The summed E-state index contributed by atoms with van der Waals surface area (Å²) in [6, 6.07) is 14.7. The number of hydrogen-bond acceptors (Lipinski definition) is 6.